The number of fused-ring (bicyclic) bond motifs is 1. The Bertz CT molecular complexity index is 1850. The molecule has 0 aliphatic heterocycles. The smallest absolute Gasteiger partial charge is 0.284 e. The van der Waals surface area contributed by atoms with Gasteiger partial charge in [0, 0.05) is 42.8 Å². The first-order chi connectivity index (χ1) is 20.3. The van der Waals surface area contributed by atoms with Crippen LogP contribution >= 0.6 is 0 Å². The highest BCUT2D eigenvalue weighted by atomic mass is 19.1. The number of hydrogen-bond donors (Lipinski definition) is 1. The van der Waals surface area contributed by atoms with Crippen LogP contribution in [-0.4, -0.2) is 47.0 Å². The molecule has 0 atom stereocenters. The Hall–Kier alpha value is -5.43. The number of nitrogens with zero attached hydrogens (tertiary/aromatic N) is 4. The minimum Gasteiger partial charge on any atom is -0.491 e. The monoisotopic (exact) mass is 575 g/mol. The number of carbonyl (C=O) groups is 1. The van der Waals surface area contributed by atoms with Crippen LogP contribution in [0.1, 0.15) is 15.9 Å². The van der Waals surface area contributed by atoms with E-state index in [1.807, 2.05) is 0 Å². The highest BCUT2D eigenvalue weighted by Crippen LogP contribution is 2.35. The molecule has 0 radical (unpaired) electrons. The van der Waals surface area contributed by atoms with Crippen LogP contribution in [0.25, 0.3) is 16.7 Å². The second-order valence-corrected chi connectivity index (χ2v) is 8.75. The van der Waals surface area contributed by atoms with Crippen LogP contribution in [0.3, 0.4) is 0 Å². The van der Waals surface area contributed by atoms with Crippen molar-refractivity contribution in [3.05, 3.63) is 100 Å². The molecule has 0 bridgehead atoms. The van der Waals surface area contributed by atoms with Gasteiger partial charge in [0.1, 0.15) is 16.9 Å². The number of anilines is 1. The fourth-order valence-electron chi connectivity index (χ4n) is 4.12. The summed E-state index contributed by atoms with van der Waals surface area (Å²) < 4.78 is 50.9. The average Bonchev–Trinajstić information content (AvgIpc) is 2.98. The van der Waals surface area contributed by atoms with E-state index in [2.05, 4.69) is 20.4 Å². The predicted molar refractivity (Wildman–Crippen MR) is 148 cm³/mol. The summed E-state index contributed by atoms with van der Waals surface area (Å²) in [6.07, 6.45) is 2.78. The van der Waals surface area contributed by atoms with E-state index in [4.69, 9.17) is 18.9 Å². The lowest BCUT2D eigenvalue weighted by Gasteiger charge is -2.13. The van der Waals surface area contributed by atoms with Gasteiger partial charge >= 0.3 is 0 Å². The first-order valence-corrected chi connectivity index (χ1v) is 12.4. The largest absolute Gasteiger partial charge is 0.491 e. The molecule has 0 saturated carbocycles. The van der Waals surface area contributed by atoms with Gasteiger partial charge in [0.25, 0.3) is 17.3 Å². The number of nitrogens with one attached hydrogen (secondary N) is 1. The van der Waals surface area contributed by atoms with Gasteiger partial charge in [-0.2, -0.15) is 9.78 Å². The number of aromatic nitrogens is 4. The summed E-state index contributed by atoms with van der Waals surface area (Å²) in [5, 5.41) is 6.61. The summed E-state index contributed by atoms with van der Waals surface area (Å²) >= 11 is 0. The molecule has 42 heavy (non-hydrogen) atoms. The van der Waals surface area contributed by atoms with Crippen molar-refractivity contribution in [1.29, 1.82) is 0 Å². The van der Waals surface area contributed by atoms with Crippen LogP contribution in [0.4, 0.5) is 14.5 Å². The fraction of sp³-hybridized carbons (Fsp3) is 0.138. The number of pyridine rings is 2. The lowest BCUT2D eigenvalue weighted by atomic mass is 10.1. The third kappa shape index (κ3) is 5.58. The molecule has 2 aromatic carbocycles. The van der Waals surface area contributed by atoms with E-state index in [9.17, 15) is 14.0 Å². The van der Waals surface area contributed by atoms with E-state index in [0.717, 1.165) is 22.9 Å². The summed E-state index contributed by atoms with van der Waals surface area (Å²) in [5.41, 5.74) is 0.234. The van der Waals surface area contributed by atoms with Crippen molar-refractivity contribution in [2.75, 3.05) is 26.6 Å². The Balaban J connectivity index is 1.43. The molecule has 13 heteroatoms. The molecule has 0 fully saturated rings. The Morgan fingerprint density at radius 1 is 0.952 bits per heavy atom. The molecule has 0 saturated heterocycles. The molecule has 0 aliphatic carbocycles. The minimum absolute atomic E-state index is 0.0573. The van der Waals surface area contributed by atoms with E-state index >= 15 is 4.39 Å². The zero-order valence-electron chi connectivity index (χ0n) is 22.6. The Morgan fingerprint density at radius 3 is 2.43 bits per heavy atom. The molecule has 0 aliphatic rings. The van der Waals surface area contributed by atoms with Crippen LogP contribution in [0, 0.1) is 11.6 Å². The van der Waals surface area contributed by atoms with Gasteiger partial charge in [-0.15, -0.1) is 0 Å². The third-order valence-electron chi connectivity index (χ3n) is 6.08. The van der Waals surface area contributed by atoms with Gasteiger partial charge < -0.3 is 24.3 Å². The number of methoxy groups -OCH3 is 3. The predicted octanol–water partition coefficient (Wildman–Crippen LogP) is 4.66. The standard InChI is InChI=1S/C29H23F2N5O6/c1-39-15-16-14-33-36(19-7-4-17(30)5-8-19)29(38)25(16)27(37)34-18-6-9-22(20(31)12-18)42-23-10-11-32-21-13-24(40-2)28(41-3)35-26(21)23/h4-14H,15H2,1-3H3,(H,34,37). The van der Waals surface area contributed by atoms with Crippen LogP contribution in [0.5, 0.6) is 23.1 Å². The van der Waals surface area contributed by atoms with E-state index in [1.54, 1.807) is 6.07 Å². The lowest BCUT2D eigenvalue weighted by Crippen LogP contribution is -2.32. The first-order valence-electron chi connectivity index (χ1n) is 12.4. The lowest BCUT2D eigenvalue weighted by molar-refractivity contribution is 0.101. The number of halogens is 2. The van der Waals surface area contributed by atoms with Gasteiger partial charge in [-0.1, -0.05) is 0 Å². The summed E-state index contributed by atoms with van der Waals surface area (Å²) in [5.74, 6) is -1.49. The molecule has 1 N–H and O–H groups in total. The third-order valence-corrected chi connectivity index (χ3v) is 6.08. The quantitative estimate of drug-likeness (QED) is 0.267. The number of amides is 1. The van der Waals surface area contributed by atoms with Crippen molar-refractivity contribution < 1.29 is 32.5 Å². The topological polar surface area (TPSA) is 127 Å². The normalized spacial score (nSPS) is 10.9. The molecule has 3 aromatic heterocycles. The maximum atomic E-state index is 15.2. The van der Waals surface area contributed by atoms with Crippen molar-refractivity contribution in [2.45, 2.75) is 6.61 Å². The van der Waals surface area contributed by atoms with E-state index in [0.29, 0.717) is 16.8 Å². The van der Waals surface area contributed by atoms with Crippen molar-refractivity contribution in [3.8, 4) is 28.8 Å². The van der Waals surface area contributed by atoms with Gasteiger partial charge in [-0.25, -0.2) is 13.8 Å². The maximum Gasteiger partial charge on any atom is 0.284 e. The first kappa shape index (κ1) is 28.1. The highest BCUT2D eigenvalue weighted by Gasteiger charge is 2.21. The molecule has 5 aromatic rings. The second-order valence-electron chi connectivity index (χ2n) is 8.75. The molecular weight excluding hydrogens is 552 g/mol. The molecule has 214 valence electrons. The Kier molecular flexibility index (Phi) is 8.02. The van der Waals surface area contributed by atoms with Crippen molar-refractivity contribution in [3.63, 3.8) is 0 Å². The molecule has 1 amide bonds. The minimum atomic E-state index is -0.816. The number of benzene rings is 2. The Morgan fingerprint density at radius 2 is 1.74 bits per heavy atom. The average molecular weight is 576 g/mol. The molecule has 11 nitrogen and oxygen atoms in total. The number of carbonyl (C=O) groups excluding carboxylic acids is 1. The van der Waals surface area contributed by atoms with Crippen molar-refractivity contribution in [2.24, 2.45) is 0 Å². The second kappa shape index (κ2) is 12.0. The zero-order valence-corrected chi connectivity index (χ0v) is 22.6. The molecule has 0 unspecified atom stereocenters. The molecular formula is C29H23F2N5O6. The summed E-state index contributed by atoms with van der Waals surface area (Å²) in [7, 11) is 4.30. The van der Waals surface area contributed by atoms with E-state index < -0.39 is 23.1 Å². The van der Waals surface area contributed by atoms with Crippen LogP contribution in [-0.2, 0) is 11.3 Å². The highest BCUT2D eigenvalue weighted by molar-refractivity contribution is 6.05. The fourth-order valence-corrected chi connectivity index (χ4v) is 4.12. The van der Waals surface area contributed by atoms with Crippen molar-refractivity contribution >= 4 is 22.6 Å². The van der Waals surface area contributed by atoms with E-state index in [-0.39, 0.29) is 46.5 Å². The molecule has 3 heterocycles. The van der Waals surface area contributed by atoms with E-state index in [1.165, 1.54) is 64.1 Å². The van der Waals surface area contributed by atoms with Crippen LogP contribution in [0.15, 0.2) is 71.8 Å². The van der Waals surface area contributed by atoms with Gasteiger partial charge in [0.05, 0.1) is 38.2 Å². The summed E-state index contributed by atoms with van der Waals surface area (Å²) in [4.78, 5) is 35.1. The molecule has 0 spiro atoms. The van der Waals surface area contributed by atoms with Crippen LogP contribution < -0.4 is 25.1 Å². The van der Waals surface area contributed by atoms with Gasteiger partial charge in [0.2, 0.25) is 0 Å². The number of ether oxygens (including phenoxy) is 4. The van der Waals surface area contributed by atoms with Gasteiger partial charge in [0.15, 0.2) is 23.1 Å². The van der Waals surface area contributed by atoms with Crippen LogP contribution in [0.2, 0.25) is 0 Å². The van der Waals surface area contributed by atoms with Crippen molar-refractivity contribution in [1.82, 2.24) is 19.7 Å². The van der Waals surface area contributed by atoms with Gasteiger partial charge in [-0.05, 0) is 36.4 Å². The van der Waals surface area contributed by atoms with Gasteiger partial charge in [-0.3, -0.25) is 14.6 Å². The Labute approximate surface area is 237 Å². The summed E-state index contributed by atoms with van der Waals surface area (Å²) in [6.45, 7) is -0.0824. The maximum absolute atomic E-state index is 15.2. The molecule has 5 rings (SSSR count). The SMILES string of the molecule is COCc1cnn(-c2ccc(F)cc2)c(=O)c1C(=O)Nc1ccc(Oc2ccnc3cc(OC)c(OC)nc23)c(F)c1. The zero-order chi connectivity index (χ0) is 29.8. The number of rotatable bonds is 9. The summed E-state index contributed by atoms with van der Waals surface area (Å²) in [6, 6.07) is 11.9. The number of hydrogen-bond acceptors (Lipinski definition) is 9.